The van der Waals surface area contributed by atoms with Crippen LogP contribution in [0.15, 0.2) is 72.3 Å². The molecule has 6 nitrogen and oxygen atoms in total. The van der Waals surface area contributed by atoms with Crippen LogP contribution in [0.4, 0.5) is 10.2 Å². The molecule has 7 heteroatoms. The van der Waals surface area contributed by atoms with Crippen molar-refractivity contribution in [2.45, 2.75) is 26.4 Å². The van der Waals surface area contributed by atoms with Crippen molar-refractivity contribution in [2.75, 3.05) is 44.9 Å². The van der Waals surface area contributed by atoms with E-state index in [0.29, 0.717) is 48.9 Å². The van der Waals surface area contributed by atoms with Gasteiger partial charge in [-0.3, -0.25) is 9.69 Å². The van der Waals surface area contributed by atoms with Gasteiger partial charge in [-0.2, -0.15) is 0 Å². The molecule has 1 aromatic heterocycles. The highest BCUT2D eigenvalue weighted by Gasteiger charge is 2.44. The molecule has 0 radical (unpaired) electrons. The summed E-state index contributed by atoms with van der Waals surface area (Å²) in [5, 5.41) is 0. The number of likely N-dealkylation sites (tertiary alicyclic amines) is 1. The molecule has 1 unspecified atom stereocenters. The second kappa shape index (κ2) is 11.1. The van der Waals surface area contributed by atoms with Crippen LogP contribution in [0.1, 0.15) is 36.7 Å². The lowest BCUT2D eigenvalue weighted by Crippen LogP contribution is -2.49. The predicted octanol–water partition coefficient (Wildman–Crippen LogP) is 5.30. The van der Waals surface area contributed by atoms with Crippen molar-refractivity contribution in [1.29, 1.82) is 0 Å². The Bertz CT molecular complexity index is 1320. The molecule has 2 aliphatic heterocycles. The number of piperidine rings is 1. The van der Waals surface area contributed by atoms with Gasteiger partial charge in [-0.25, -0.2) is 9.37 Å². The van der Waals surface area contributed by atoms with E-state index < -0.39 is 17.3 Å². The van der Waals surface area contributed by atoms with Crippen LogP contribution in [-0.4, -0.2) is 55.6 Å². The molecular weight excluding hydrogens is 481 g/mol. The van der Waals surface area contributed by atoms with Crippen LogP contribution < -0.4 is 9.64 Å². The summed E-state index contributed by atoms with van der Waals surface area (Å²) in [4.78, 5) is 23.2. The number of methoxy groups -OCH3 is 1. The maximum atomic E-state index is 15.6. The second-order valence-corrected chi connectivity index (χ2v) is 10.5. The fourth-order valence-corrected chi connectivity index (χ4v) is 5.36. The lowest BCUT2D eigenvalue weighted by molar-refractivity contribution is -0.128. The highest BCUT2D eigenvalue weighted by atomic mass is 19.1. The molecule has 3 aromatic rings. The number of carbonyl (C=O) groups excluding carboxylic acids is 1. The molecule has 38 heavy (non-hydrogen) atoms. The number of carbonyl (C=O) groups is 1. The quantitative estimate of drug-likeness (QED) is 0.415. The highest BCUT2D eigenvalue weighted by molar-refractivity contribution is 6.05. The average molecular weight is 516 g/mol. The second-order valence-electron chi connectivity index (χ2n) is 10.5. The number of anilines is 1. The van der Waals surface area contributed by atoms with Crippen LogP contribution >= 0.6 is 0 Å². The molecule has 1 atom stereocenters. The Morgan fingerprint density at radius 1 is 1.08 bits per heavy atom. The molecule has 2 fully saturated rings. The van der Waals surface area contributed by atoms with Gasteiger partial charge in [0.25, 0.3) is 0 Å². The molecule has 2 saturated heterocycles. The zero-order valence-corrected chi connectivity index (χ0v) is 22.2. The average Bonchev–Trinajstić information content (AvgIpc) is 2.93. The lowest BCUT2D eigenvalue weighted by atomic mass is 9.74. The van der Waals surface area contributed by atoms with Gasteiger partial charge < -0.3 is 14.4 Å². The van der Waals surface area contributed by atoms with Crippen molar-refractivity contribution in [1.82, 2.24) is 9.88 Å². The molecule has 2 aromatic carbocycles. The van der Waals surface area contributed by atoms with Gasteiger partial charge >= 0.3 is 0 Å². The third kappa shape index (κ3) is 5.49. The molecule has 0 aliphatic carbocycles. The van der Waals surface area contributed by atoms with Gasteiger partial charge in [-0.1, -0.05) is 56.3 Å². The molecule has 0 N–H and O–H groups in total. The monoisotopic (exact) mass is 515 g/mol. The van der Waals surface area contributed by atoms with E-state index in [0.717, 1.165) is 24.5 Å². The molecule has 2 aliphatic rings. The van der Waals surface area contributed by atoms with Crippen molar-refractivity contribution in [2.24, 2.45) is 5.41 Å². The van der Waals surface area contributed by atoms with E-state index in [1.807, 2.05) is 56.3 Å². The van der Waals surface area contributed by atoms with Gasteiger partial charge in [0, 0.05) is 48.8 Å². The van der Waals surface area contributed by atoms with E-state index in [-0.39, 0.29) is 5.78 Å². The van der Waals surface area contributed by atoms with Crippen LogP contribution in [0.2, 0.25) is 0 Å². The Morgan fingerprint density at radius 3 is 2.55 bits per heavy atom. The number of ketones is 1. The number of rotatable bonds is 6. The first-order valence-electron chi connectivity index (χ1n) is 13.0. The number of ether oxygens (including phenoxy) is 2. The van der Waals surface area contributed by atoms with Crippen LogP contribution in [0.3, 0.4) is 0 Å². The van der Waals surface area contributed by atoms with Crippen LogP contribution in [0, 0.1) is 11.2 Å². The van der Waals surface area contributed by atoms with E-state index in [2.05, 4.69) is 21.9 Å². The summed E-state index contributed by atoms with van der Waals surface area (Å²) in [7, 11) is 1.52. The number of hydrogen-bond acceptors (Lipinski definition) is 6. The number of aromatic nitrogens is 1. The first kappa shape index (κ1) is 26.1. The van der Waals surface area contributed by atoms with E-state index in [4.69, 9.17) is 14.5 Å². The highest BCUT2D eigenvalue weighted by Crippen LogP contribution is 2.43. The van der Waals surface area contributed by atoms with E-state index in [9.17, 15) is 4.79 Å². The predicted molar refractivity (Wildman–Crippen MR) is 147 cm³/mol. The molecular formula is C31H34FN3O3. The molecule has 0 bridgehead atoms. The topological polar surface area (TPSA) is 54.9 Å². The molecule has 0 amide bonds. The van der Waals surface area contributed by atoms with Crippen molar-refractivity contribution >= 4 is 17.7 Å². The number of benzene rings is 2. The molecule has 0 saturated carbocycles. The summed E-state index contributed by atoms with van der Waals surface area (Å²) in [5.74, 6) is 0.883. The number of nitrogens with zero attached hydrogens (tertiary/aromatic N) is 3. The Labute approximate surface area is 223 Å². The summed E-state index contributed by atoms with van der Waals surface area (Å²) < 4.78 is 26.3. The van der Waals surface area contributed by atoms with Gasteiger partial charge in [0.05, 0.1) is 32.1 Å². The standard InChI is InChI=1S/C31H34FN3O3/c1-31(2)21-35(20-22-8-5-4-6-9-22)29(25-13-12-24(37-3)19-27(25)32)26(30(31)36)18-23-10-7-11-28(33-23)34-14-16-38-17-15-34/h4-13,18-19,29H,14-17,20-21H2,1-3H3. The normalized spacial score (nSPS) is 21.1. The SMILES string of the molecule is COc1ccc(C2C(=Cc3cccc(N4CCOCC4)n3)C(=O)C(C)(C)CN2Cc2ccccc2)c(F)c1. The Morgan fingerprint density at radius 2 is 1.84 bits per heavy atom. The molecule has 198 valence electrons. The lowest BCUT2D eigenvalue weighted by Gasteiger charge is -2.44. The number of pyridine rings is 1. The summed E-state index contributed by atoms with van der Waals surface area (Å²) in [6.07, 6.45) is 1.85. The summed E-state index contributed by atoms with van der Waals surface area (Å²) in [6, 6.07) is 20.2. The van der Waals surface area contributed by atoms with Gasteiger partial charge in [0.1, 0.15) is 17.4 Å². The maximum absolute atomic E-state index is 15.6. The van der Waals surface area contributed by atoms with E-state index in [1.165, 1.54) is 13.2 Å². The molecule has 5 rings (SSSR count). The zero-order chi connectivity index (χ0) is 26.7. The first-order valence-corrected chi connectivity index (χ1v) is 13.0. The summed E-state index contributed by atoms with van der Waals surface area (Å²) in [5.41, 5.74) is 2.10. The zero-order valence-electron chi connectivity index (χ0n) is 22.2. The number of Topliss-reactive ketones (excluding diaryl/α,β-unsaturated/α-hetero) is 1. The first-order chi connectivity index (χ1) is 18.4. The van der Waals surface area contributed by atoms with E-state index >= 15 is 4.39 Å². The smallest absolute Gasteiger partial charge is 0.167 e. The van der Waals surface area contributed by atoms with Gasteiger partial charge in [-0.05, 0) is 29.8 Å². The van der Waals surface area contributed by atoms with Crippen LogP contribution in [-0.2, 0) is 16.1 Å². The summed E-state index contributed by atoms with van der Waals surface area (Å²) in [6.45, 7) is 7.84. The van der Waals surface area contributed by atoms with Crippen molar-refractivity contribution < 1.29 is 18.7 Å². The third-order valence-corrected chi connectivity index (χ3v) is 7.26. The van der Waals surface area contributed by atoms with Gasteiger partial charge in [0.2, 0.25) is 0 Å². The van der Waals surface area contributed by atoms with E-state index in [1.54, 1.807) is 12.1 Å². The minimum Gasteiger partial charge on any atom is -0.497 e. The van der Waals surface area contributed by atoms with Crippen molar-refractivity contribution in [3.8, 4) is 5.75 Å². The van der Waals surface area contributed by atoms with Crippen LogP contribution in [0.25, 0.3) is 6.08 Å². The van der Waals surface area contributed by atoms with Crippen molar-refractivity contribution in [3.63, 3.8) is 0 Å². The van der Waals surface area contributed by atoms with Crippen molar-refractivity contribution in [3.05, 3.63) is 94.9 Å². The minimum atomic E-state index is -0.651. The largest absolute Gasteiger partial charge is 0.497 e. The number of hydrogen-bond donors (Lipinski definition) is 0. The minimum absolute atomic E-state index is 0.000560. The van der Waals surface area contributed by atoms with Crippen LogP contribution in [0.5, 0.6) is 5.75 Å². The number of morpholine rings is 1. The van der Waals surface area contributed by atoms with Gasteiger partial charge in [0.15, 0.2) is 5.78 Å². The summed E-state index contributed by atoms with van der Waals surface area (Å²) >= 11 is 0. The Kier molecular flexibility index (Phi) is 7.58. The maximum Gasteiger partial charge on any atom is 0.167 e. The fourth-order valence-electron chi connectivity index (χ4n) is 5.36. The van der Waals surface area contributed by atoms with Gasteiger partial charge in [-0.15, -0.1) is 0 Å². The Balaban J connectivity index is 1.61. The Hall–Kier alpha value is -3.55. The fraction of sp³-hybridized carbons (Fsp3) is 0.355. The third-order valence-electron chi connectivity index (χ3n) is 7.26. The molecule has 0 spiro atoms. The number of halogens is 1. The molecule has 3 heterocycles.